The quantitative estimate of drug-likeness (QED) is 0.914. The van der Waals surface area contributed by atoms with Crippen molar-refractivity contribution >= 4 is 0 Å². The number of likely N-dealkylation sites (tertiary alicyclic amines) is 1. The molecule has 0 radical (unpaired) electrons. The molecule has 0 bridgehead atoms. The van der Waals surface area contributed by atoms with Crippen LogP contribution in [0.25, 0.3) is 0 Å². The maximum Gasteiger partial charge on any atom is 0.161 e. The van der Waals surface area contributed by atoms with E-state index in [2.05, 4.69) is 36.3 Å². The highest BCUT2D eigenvalue weighted by Gasteiger charge is 2.21. The highest BCUT2D eigenvalue weighted by molar-refractivity contribution is 5.44. The van der Waals surface area contributed by atoms with Crippen molar-refractivity contribution < 1.29 is 9.47 Å². The van der Waals surface area contributed by atoms with Crippen LogP contribution in [0.15, 0.2) is 18.2 Å². The van der Waals surface area contributed by atoms with Crippen LogP contribution in [0.4, 0.5) is 0 Å². The SMILES string of the molecule is CC(NCC1CCCN1C)c1ccc2c(c1)OCCO2. The summed E-state index contributed by atoms with van der Waals surface area (Å²) < 4.78 is 11.2. The van der Waals surface area contributed by atoms with E-state index >= 15 is 0 Å². The number of nitrogens with zero attached hydrogens (tertiary/aromatic N) is 1. The van der Waals surface area contributed by atoms with Crippen LogP contribution in [0.5, 0.6) is 11.5 Å². The summed E-state index contributed by atoms with van der Waals surface area (Å²) in [6, 6.07) is 7.26. The Kier molecular flexibility index (Phi) is 4.13. The van der Waals surface area contributed by atoms with E-state index in [1.54, 1.807) is 0 Å². The number of hydrogen-bond donors (Lipinski definition) is 1. The summed E-state index contributed by atoms with van der Waals surface area (Å²) in [5.74, 6) is 1.74. The van der Waals surface area contributed by atoms with Gasteiger partial charge in [0.2, 0.25) is 0 Å². The number of fused-ring (bicyclic) bond motifs is 1. The van der Waals surface area contributed by atoms with Crippen molar-refractivity contribution in [2.24, 2.45) is 0 Å². The van der Waals surface area contributed by atoms with Crippen molar-refractivity contribution in [3.05, 3.63) is 23.8 Å². The first-order valence-electron chi connectivity index (χ1n) is 7.57. The van der Waals surface area contributed by atoms with E-state index in [0.717, 1.165) is 18.0 Å². The molecule has 2 atom stereocenters. The van der Waals surface area contributed by atoms with E-state index in [1.165, 1.54) is 24.9 Å². The summed E-state index contributed by atoms with van der Waals surface area (Å²) in [5.41, 5.74) is 1.26. The second-order valence-corrected chi connectivity index (χ2v) is 5.81. The van der Waals surface area contributed by atoms with E-state index in [9.17, 15) is 0 Å². The third kappa shape index (κ3) is 2.91. The topological polar surface area (TPSA) is 33.7 Å². The van der Waals surface area contributed by atoms with Crippen molar-refractivity contribution in [2.45, 2.75) is 31.8 Å². The van der Waals surface area contributed by atoms with Crippen molar-refractivity contribution in [1.29, 1.82) is 0 Å². The number of hydrogen-bond acceptors (Lipinski definition) is 4. The van der Waals surface area contributed by atoms with E-state index in [1.807, 2.05) is 6.07 Å². The lowest BCUT2D eigenvalue weighted by Gasteiger charge is -2.24. The van der Waals surface area contributed by atoms with Crippen LogP contribution < -0.4 is 14.8 Å². The van der Waals surface area contributed by atoms with Crippen LogP contribution >= 0.6 is 0 Å². The zero-order valence-corrected chi connectivity index (χ0v) is 12.4. The molecule has 1 saturated heterocycles. The minimum absolute atomic E-state index is 0.333. The van der Waals surface area contributed by atoms with Gasteiger partial charge in [-0.05, 0) is 51.1 Å². The summed E-state index contributed by atoms with van der Waals surface area (Å²) in [5, 5.41) is 3.64. The molecule has 1 aromatic carbocycles. The van der Waals surface area contributed by atoms with Gasteiger partial charge in [0.05, 0.1) is 0 Å². The fourth-order valence-electron chi connectivity index (χ4n) is 3.00. The third-order valence-corrected chi connectivity index (χ3v) is 4.40. The Hall–Kier alpha value is -1.26. The van der Waals surface area contributed by atoms with Gasteiger partial charge in [-0.2, -0.15) is 0 Å². The summed E-state index contributed by atoms with van der Waals surface area (Å²) in [6.45, 7) is 5.77. The van der Waals surface area contributed by atoms with E-state index in [-0.39, 0.29) is 0 Å². The van der Waals surface area contributed by atoms with Gasteiger partial charge in [0.1, 0.15) is 13.2 Å². The predicted molar refractivity (Wildman–Crippen MR) is 79.5 cm³/mol. The normalized spacial score (nSPS) is 23.8. The molecule has 0 saturated carbocycles. The molecule has 2 unspecified atom stereocenters. The van der Waals surface area contributed by atoms with Crippen molar-refractivity contribution in [3.8, 4) is 11.5 Å². The molecule has 0 amide bonds. The molecule has 1 fully saturated rings. The molecule has 2 aliphatic rings. The van der Waals surface area contributed by atoms with Gasteiger partial charge in [0, 0.05) is 18.6 Å². The maximum absolute atomic E-state index is 5.65. The van der Waals surface area contributed by atoms with Crippen LogP contribution in [-0.4, -0.2) is 44.3 Å². The number of rotatable bonds is 4. The highest BCUT2D eigenvalue weighted by Crippen LogP contribution is 2.32. The van der Waals surface area contributed by atoms with Crippen LogP contribution in [0.2, 0.25) is 0 Å². The maximum atomic E-state index is 5.65. The fraction of sp³-hybridized carbons (Fsp3) is 0.625. The van der Waals surface area contributed by atoms with Gasteiger partial charge in [-0.1, -0.05) is 6.07 Å². The second-order valence-electron chi connectivity index (χ2n) is 5.81. The Morgan fingerprint density at radius 2 is 2.10 bits per heavy atom. The minimum atomic E-state index is 0.333. The molecule has 4 heteroatoms. The number of benzene rings is 1. The number of nitrogens with one attached hydrogen (secondary N) is 1. The van der Waals surface area contributed by atoms with Gasteiger partial charge in [-0.15, -0.1) is 0 Å². The van der Waals surface area contributed by atoms with E-state index < -0.39 is 0 Å². The Morgan fingerprint density at radius 3 is 2.85 bits per heavy atom. The first-order valence-corrected chi connectivity index (χ1v) is 7.57. The van der Waals surface area contributed by atoms with E-state index in [4.69, 9.17) is 9.47 Å². The van der Waals surface area contributed by atoms with Crippen molar-refractivity contribution in [3.63, 3.8) is 0 Å². The number of likely N-dealkylation sites (N-methyl/N-ethyl adjacent to an activating group) is 1. The summed E-state index contributed by atoms with van der Waals surface area (Å²) in [6.07, 6.45) is 2.62. The lowest BCUT2D eigenvalue weighted by atomic mass is 10.1. The standard InChI is InChI=1S/C16H24N2O2/c1-12(17-11-14-4-3-7-18(14)2)13-5-6-15-16(10-13)20-9-8-19-15/h5-6,10,12,14,17H,3-4,7-9,11H2,1-2H3. The molecule has 4 nitrogen and oxygen atoms in total. The molecular formula is C16H24N2O2. The molecule has 1 aromatic rings. The Balaban J connectivity index is 1.60. The van der Waals surface area contributed by atoms with Crippen LogP contribution in [0.1, 0.15) is 31.4 Å². The molecule has 110 valence electrons. The summed E-state index contributed by atoms with van der Waals surface area (Å²) in [4.78, 5) is 2.45. The van der Waals surface area contributed by atoms with Crippen LogP contribution in [0.3, 0.4) is 0 Å². The number of ether oxygens (including phenoxy) is 2. The smallest absolute Gasteiger partial charge is 0.161 e. The lowest BCUT2D eigenvalue weighted by molar-refractivity contribution is 0.171. The summed E-state index contributed by atoms with van der Waals surface area (Å²) in [7, 11) is 2.22. The molecule has 0 spiro atoms. The average molecular weight is 276 g/mol. The van der Waals surface area contributed by atoms with Crippen molar-refractivity contribution in [2.75, 3.05) is 33.4 Å². The minimum Gasteiger partial charge on any atom is -0.486 e. The molecule has 0 aliphatic carbocycles. The first-order chi connectivity index (χ1) is 9.74. The first kappa shape index (κ1) is 13.7. The second kappa shape index (κ2) is 6.02. The summed E-state index contributed by atoms with van der Waals surface area (Å²) >= 11 is 0. The Bertz CT molecular complexity index is 464. The molecule has 2 aliphatic heterocycles. The monoisotopic (exact) mass is 276 g/mol. The molecular weight excluding hydrogens is 252 g/mol. The molecule has 0 aromatic heterocycles. The van der Waals surface area contributed by atoms with E-state index in [0.29, 0.717) is 25.3 Å². The van der Waals surface area contributed by atoms with Gasteiger partial charge >= 0.3 is 0 Å². The van der Waals surface area contributed by atoms with Gasteiger partial charge in [-0.3, -0.25) is 0 Å². The van der Waals surface area contributed by atoms with Gasteiger partial charge in [0.25, 0.3) is 0 Å². The molecule has 3 rings (SSSR count). The largest absolute Gasteiger partial charge is 0.486 e. The van der Waals surface area contributed by atoms with Crippen molar-refractivity contribution in [1.82, 2.24) is 10.2 Å². The van der Waals surface area contributed by atoms with Gasteiger partial charge < -0.3 is 19.7 Å². The zero-order chi connectivity index (χ0) is 13.9. The lowest BCUT2D eigenvalue weighted by Crippen LogP contribution is -2.36. The van der Waals surface area contributed by atoms with Crippen LogP contribution in [0, 0.1) is 0 Å². The third-order valence-electron chi connectivity index (χ3n) is 4.40. The molecule has 1 N–H and O–H groups in total. The Labute approximate surface area is 121 Å². The van der Waals surface area contributed by atoms with Gasteiger partial charge in [0.15, 0.2) is 11.5 Å². The Morgan fingerprint density at radius 1 is 1.30 bits per heavy atom. The average Bonchev–Trinajstić information content (AvgIpc) is 2.89. The van der Waals surface area contributed by atoms with Crippen LogP contribution in [-0.2, 0) is 0 Å². The predicted octanol–water partition coefficient (Wildman–Crippen LogP) is 2.20. The molecule has 2 heterocycles. The fourth-order valence-corrected chi connectivity index (χ4v) is 3.00. The van der Waals surface area contributed by atoms with Gasteiger partial charge in [-0.25, -0.2) is 0 Å². The molecule has 20 heavy (non-hydrogen) atoms. The zero-order valence-electron chi connectivity index (χ0n) is 12.4. The highest BCUT2D eigenvalue weighted by atomic mass is 16.6.